The zero-order valence-electron chi connectivity index (χ0n) is 9.57. The van der Waals surface area contributed by atoms with Gasteiger partial charge in [0, 0.05) is 0 Å². The molecule has 3 heterocycles. The molecule has 3 atom stereocenters. The van der Waals surface area contributed by atoms with Crippen LogP contribution in [0.15, 0.2) is 11.1 Å². The number of hydrogen-bond donors (Lipinski definition) is 2. The zero-order valence-corrected chi connectivity index (χ0v) is 9.57. The topological polar surface area (TPSA) is 110 Å². The quantitative estimate of drug-likeness (QED) is 0.446. The first-order valence-corrected chi connectivity index (χ1v) is 5.31. The van der Waals surface area contributed by atoms with Crippen molar-refractivity contribution in [1.82, 2.24) is 5.32 Å². The lowest BCUT2D eigenvalue weighted by Crippen LogP contribution is -2.46. The van der Waals surface area contributed by atoms with E-state index in [0.717, 1.165) is 0 Å². The molecule has 94 valence electrons. The van der Waals surface area contributed by atoms with Crippen LogP contribution in [0.3, 0.4) is 0 Å². The Morgan fingerprint density at radius 1 is 1.22 bits per heavy atom. The van der Waals surface area contributed by atoms with Crippen molar-refractivity contribution in [2.45, 2.75) is 25.0 Å². The number of carboxylic acids is 1. The van der Waals surface area contributed by atoms with Crippen LogP contribution in [0, 0.1) is 5.92 Å². The average Bonchev–Trinajstić information content (AvgIpc) is 2.71. The standard InChI is InChI=1S/C11H9NO6/c1-10-3-4(8(15)12-7(3)14)11(2,18-10)6(13)5(10)9(16)17/h5H,1-2H3,(H,16,17)(H,12,14,15). The van der Waals surface area contributed by atoms with Gasteiger partial charge in [-0.2, -0.15) is 0 Å². The van der Waals surface area contributed by atoms with E-state index in [4.69, 9.17) is 9.84 Å². The number of carbonyl (C=O) groups is 4. The van der Waals surface area contributed by atoms with Crippen molar-refractivity contribution >= 4 is 23.6 Å². The Bertz CT molecular complexity index is 590. The average molecular weight is 251 g/mol. The molecule has 0 saturated carbocycles. The van der Waals surface area contributed by atoms with Crippen LogP contribution in [0.1, 0.15) is 13.8 Å². The lowest BCUT2D eigenvalue weighted by molar-refractivity contribution is -0.148. The molecule has 0 aromatic carbocycles. The second kappa shape index (κ2) is 2.69. The fraction of sp³-hybridized carbons (Fsp3) is 0.455. The third-order valence-electron chi connectivity index (χ3n) is 3.85. The molecule has 3 rings (SSSR count). The molecule has 1 saturated heterocycles. The molecule has 3 unspecified atom stereocenters. The van der Waals surface area contributed by atoms with E-state index in [1.165, 1.54) is 13.8 Å². The van der Waals surface area contributed by atoms with Gasteiger partial charge in [-0.15, -0.1) is 0 Å². The van der Waals surface area contributed by atoms with Crippen LogP contribution < -0.4 is 5.32 Å². The molecule has 3 aliphatic rings. The van der Waals surface area contributed by atoms with Gasteiger partial charge in [0.2, 0.25) is 0 Å². The number of carbonyl (C=O) groups excluding carboxylic acids is 3. The van der Waals surface area contributed by atoms with Crippen molar-refractivity contribution < 1.29 is 29.0 Å². The minimum atomic E-state index is -1.64. The largest absolute Gasteiger partial charge is 0.481 e. The summed E-state index contributed by atoms with van der Waals surface area (Å²) in [5.74, 6) is -4.87. The number of fused-ring (bicyclic) bond motifs is 4. The Balaban J connectivity index is 2.31. The number of rotatable bonds is 1. The number of carboxylic acid groups (broad SMARTS) is 1. The highest BCUT2D eigenvalue weighted by atomic mass is 16.5. The van der Waals surface area contributed by atoms with E-state index in [9.17, 15) is 19.2 Å². The summed E-state index contributed by atoms with van der Waals surface area (Å²) in [6.45, 7) is 2.69. The molecule has 18 heavy (non-hydrogen) atoms. The molecule has 2 N–H and O–H groups in total. The zero-order chi connectivity index (χ0) is 13.5. The second-order valence-corrected chi connectivity index (χ2v) is 4.91. The Labute approximate surface area is 101 Å². The van der Waals surface area contributed by atoms with Crippen molar-refractivity contribution in [1.29, 1.82) is 0 Å². The smallest absolute Gasteiger partial charge is 0.317 e. The minimum Gasteiger partial charge on any atom is -0.481 e. The lowest BCUT2D eigenvalue weighted by atomic mass is 9.71. The third-order valence-corrected chi connectivity index (χ3v) is 3.85. The highest BCUT2D eigenvalue weighted by Gasteiger charge is 2.73. The van der Waals surface area contributed by atoms with Gasteiger partial charge in [-0.3, -0.25) is 24.5 Å². The van der Waals surface area contributed by atoms with Crippen LogP contribution in [0.25, 0.3) is 0 Å². The van der Waals surface area contributed by atoms with Crippen molar-refractivity contribution in [3.8, 4) is 0 Å². The van der Waals surface area contributed by atoms with Crippen molar-refractivity contribution in [2.75, 3.05) is 0 Å². The lowest BCUT2D eigenvalue weighted by Gasteiger charge is -2.25. The maximum Gasteiger partial charge on any atom is 0.317 e. The van der Waals surface area contributed by atoms with Gasteiger partial charge in [-0.1, -0.05) is 0 Å². The fourth-order valence-electron chi connectivity index (χ4n) is 3.16. The molecule has 7 heteroatoms. The Morgan fingerprint density at radius 3 is 2.33 bits per heavy atom. The van der Waals surface area contributed by atoms with E-state index in [2.05, 4.69) is 5.32 Å². The molecule has 0 radical (unpaired) electrons. The van der Waals surface area contributed by atoms with Crippen LogP contribution in [0.2, 0.25) is 0 Å². The number of nitrogens with one attached hydrogen (secondary N) is 1. The molecule has 1 fully saturated rings. The van der Waals surface area contributed by atoms with Crippen LogP contribution in [-0.4, -0.2) is 39.9 Å². The van der Waals surface area contributed by atoms with Gasteiger partial charge in [-0.05, 0) is 13.8 Å². The van der Waals surface area contributed by atoms with Gasteiger partial charge in [0.15, 0.2) is 17.3 Å². The van der Waals surface area contributed by atoms with Gasteiger partial charge in [0.25, 0.3) is 11.8 Å². The monoisotopic (exact) mass is 251 g/mol. The minimum absolute atomic E-state index is 0.0259. The molecule has 0 aromatic rings. The summed E-state index contributed by atoms with van der Waals surface area (Å²) in [5, 5.41) is 11.2. The first kappa shape index (κ1) is 11.1. The van der Waals surface area contributed by atoms with E-state index in [0.29, 0.717) is 0 Å². The SMILES string of the molecule is CC12OC(C)(C3=C1C(=O)NC3=O)C(C(=O)O)C2=O. The van der Waals surface area contributed by atoms with Crippen LogP contribution in [-0.2, 0) is 23.9 Å². The van der Waals surface area contributed by atoms with E-state index >= 15 is 0 Å². The van der Waals surface area contributed by atoms with Gasteiger partial charge in [-0.25, -0.2) is 0 Å². The van der Waals surface area contributed by atoms with Gasteiger partial charge >= 0.3 is 5.97 Å². The fourth-order valence-corrected chi connectivity index (χ4v) is 3.16. The molecule has 7 nitrogen and oxygen atoms in total. The number of ether oxygens (including phenoxy) is 1. The number of amides is 2. The van der Waals surface area contributed by atoms with E-state index in [1.54, 1.807) is 0 Å². The second-order valence-electron chi connectivity index (χ2n) is 4.91. The van der Waals surface area contributed by atoms with E-state index < -0.39 is 40.7 Å². The number of imide groups is 1. The van der Waals surface area contributed by atoms with Crippen molar-refractivity contribution in [2.24, 2.45) is 5.92 Å². The van der Waals surface area contributed by atoms with E-state index in [-0.39, 0.29) is 11.1 Å². The highest BCUT2D eigenvalue weighted by Crippen LogP contribution is 2.56. The van der Waals surface area contributed by atoms with Crippen LogP contribution in [0.4, 0.5) is 0 Å². The highest BCUT2D eigenvalue weighted by molar-refractivity contribution is 6.28. The van der Waals surface area contributed by atoms with Crippen molar-refractivity contribution in [3.63, 3.8) is 0 Å². The molecular formula is C11H9NO6. The summed E-state index contributed by atoms with van der Waals surface area (Å²) in [6.07, 6.45) is 0. The predicted molar refractivity (Wildman–Crippen MR) is 54.2 cm³/mol. The van der Waals surface area contributed by atoms with Crippen LogP contribution in [0.5, 0.6) is 0 Å². The first-order valence-electron chi connectivity index (χ1n) is 5.31. The molecule has 3 aliphatic heterocycles. The summed E-state index contributed by atoms with van der Waals surface area (Å²) < 4.78 is 5.46. The van der Waals surface area contributed by atoms with Crippen molar-refractivity contribution in [3.05, 3.63) is 11.1 Å². The predicted octanol–water partition coefficient (Wildman–Crippen LogP) is -1.23. The Hall–Kier alpha value is -2.02. The summed E-state index contributed by atoms with van der Waals surface area (Å²) in [6, 6.07) is 0. The Morgan fingerprint density at radius 2 is 1.78 bits per heavy atom. The summed E-state index contributed by atoms with van der Waals surface area (Å²) in [5.41, 5.74) is -3.27. The molecular weight excluding hydrogens is 242 g/mol. The van der Waals surface area contributed by atoms with Crippen LogP contribution >= 0.6 is 0 Å². The molecule has 0 aromatic heterocycles. The number of Topliss-reactive ketones (excluding diaryl/α,β-unsaturated/α-hetero) is 1. The summed E-state index contributed by atoms with van der Waals surface area (Å²) >= 11 is 0. The normalized spacial score (nSPS) is 41.4. The Kier molecular flexibility index (Phi) is 1.66. The number of hydrogen-bond acceptors (Lipinski definition) is 5. The summed E-state index contributed by atoms with van der Waals surface area (Å²) in [7, 11) is 0. The summed E-state index contributed by atoms with van der Waals surface area (Å²) in [4.78, 5) is 46.6. The van der Waals surface area contributed by atoms with Gasteiger partial charge in [0.1, 0.15) is 5.60 Å². The van der Waals surface area contributed by atoms with E-state index in [1.807, 2.05) is 0 Å². The molecule has 0 spiro atoms. The maximum absolute atomic E-state index is 12.1. The maximum atomic E-state index is 12.1. The molecule has 0 aliphatic carbocycles. The van der Waals surface area contributed by atoms with Gasteiger partial charge in [0.05, 0.1) is 11.1 Å². The number of aliphatic carboxylic acids is 1. The van der Waals surface area contributed by atoms with Gasteiger partial charge < -0.3 is 9.84 Å². The molecule has 2 bridgehead atoms. The number of ketones is 1. The molecule has 2 amide bonds. The first-order chi connectivity index (χ1) is 8.23. The third kappa shape index (κ3) is 0.872.